The van der Waals surface area contributed by atoms with Gasteiger partial charge < -0.3 is 23.2 Å². The number of aromatic carboxylic acids is 1. The molecule has 1 amide bonds. The number of carbonyl (C=O) groups is 2. The highest BCUT2D eigenvalue weighted by Crippen LogP contribution is 2.44. The van der Waals surface area contributed by atoms with Crippen molar-refractivity contribution in [2.24, 2.45) is 4.88 Å². The minimum Gasteiger partial charge on any atom is -0.478 e. The molecule has 2 aromatic heterocycles. The average molecular weight is 492 g/mol. The highest BCUT2D eigenvalue weighted by molar-refractivity contribution is 7.56. The summed E-state index contributed by atoms with van der Waals surface area (Å²) in [6.07, 6.45) is 4.94. The molecule has 0 aliphatic carbocycles. The third-order valence-electron chi connectivity index (χ3n) is 3.16. The van der Waals surface area contributed by atoms with Crippen LogP contribution in [0.15, 0.2) is 81.2 Å². The Morgan fingerprint density at radius 2 is 1.71 bits per heavy atom. The molecule has 0 bridgehead atoms. The molecule has 182 valence electrons. The van der Waals surface area contributed by atoms with Crippen LogP contribution in [0.2, 0.25) is 0 Å². The molecule has 1 atom stereocenters. The van der Waals surface area contributed by atoms with Crippen molar-refractivity contribution in [2.45, 2.75) is 26.4 Å². The lowest BCUT2D eigenvalue weighted by Gasteiger charge is -2.19. The van der Waals surface area contributed by atoms with Crippen LogP contribution in [0.3, 0.4) is 0 Å². The minimum atomic E-state index is -3.21. The molecule has 12 nitrogen and oxygen atoms in total. The van der Waals surface area contributed by atoms with Gasteiger partial charge in [-0.2, -0.15) is 0 Å². The standard InChI is InChI=1S/C9H13NO3.C7H8N3O2P.C5H4O3/c1-9(2,3)13-8(11)10-7-4-5-12-6-7;1-13(11,10-9-8)12-7-5-3-2-4-6-7;6-5(7)4-1-2-8-3-4/h4-6H,1-3H3,(H,10,11);2-6H,1H3;1-3H,(H,6,7). The first-order chi connectivity index (χ1) is 15.9. The molecule has 1 unspecified atom stereocenters. The van der Waals surface area contributed by atoms with Gasteiger partial charge in [0.05, 0.1) is 23.8 Å². The number of carbonyl (C=O) groups excluding carboxylic acids is 1. The number of amides is 1. The Bertz CT molecular complexity index is 1100. The SMILES string of the molecule is CC(C)(C)OC(=O)Nc1ccoc1.CP(=O)(N=[N+]=[N-])Oc1ccccc1.O=C(O)c1ccoc1. The fourth-order valence-corrected chi connectivity index (χ4v) is 2.61. The zero-order valence-corrected chi connectivity index (χ0v) is 19.8. The summed E-state index contributed by atoms with van der Waals surface area (Å²) in [7, 11) is -3.21. The number of nitrogens with one attached hydrogen (secondary N) is 1. The fourth-order valence-electron chi connectivity index (χ4n) is 1.91. The average Bonchev–Trinajstić information content (AvgIpc) is 3.42. The lowest BCUT2D eigenvalue weighted by atomic mass is 10.2. The van der Waals surface area contributed by atoms with E-state index >= 15 is 0 Å². The number of hydrogen-bond acceptors (Lipinski definition) is 7. The number of benzene rings is 1. The molecule has 3 aromatic rings. The summed E-state index contributed by atoms with van der Waals surface area (Å²) in [6.45, 7) is 6.69. The van der Waals surface area contributed by atoms with Crippen molar-refractivity contribution in [2.75, 3.05) is 12.0 Å². The molecule has 0 saturated heterocycles. The molecule has 2 N–H and O–H groups in total. The first kappa shape index (κ1) is 27.9. The molecule has 34 heavy (non-hydrogen) atoms. The maximum absolute atomic E-state index is 11.3. The number of carboxylic acid groups (broad SMARTS) is 1. The third-order valence-corrected chi connectivity index (χ3v) is 4.11. The number of azide groups is 1. The second-order valence-corrected chi connectivity index (χ2v) is 9.31. The van der Waals surface area contributed by atoms with Gasteiger partial charge in [0.25, 0.3) is 0 Å². The molecule has 3 rings (SSSR count). The molecule has 13 heteroatoms. The second-order valence-electron chi connectivity index (χ2n) is 7.34. The first-order valence-corrected chi connectivity index (χ1v) is 11.6. The number of ether oxygens (including phenoxy) is 1. The Morgan fingerprint density at radius 3 is 2.15 bits per heavy atom. The van der Waals surface area contributed by atoms with Crippen molar-refractivity contribution in [3.63, 3.8) is 0 Å². The highest BCUT2D eigenvalue weighted by atomic mass is 31.2. The number of anilines is 1. The molecule has 0 spiro atoms. The van der Waals surface area contributed by atoms with Crippen LogP contribution in [0.25, 0.3) is 10.4 Å². The lowest BCUT2D eigenvalue weighted by Crippen LogP contribution is -2.27. The van der Waals surface area contributed by atoms with E-state index in [0.29, 0.717) is 11.4 Å². The Balaban J connectivity index is 0.000000263. The van der Waals surface area contributed by atoms with Crippen molar-refractivity contribution in [3.8, 4) is 5.75 Å². The van der Waals surface area contributed by atoms with Crippen LogP contribution in [0, 0.1) is 0 Å². The number of nitrogens with zero attached hydrogens (tertiary/aromatic N) is 3. The number of para-hydroxylation sites is 1. The molecule has 0 fully saturated rings. The summed E-state index contributed by atoms with van der Waals surface area (Å²) >= 11 is 0. The van der Waals surface area contributed by atoms with E-state index in [4.69, 9.17) is 24.3 Å². The van der Waals surface area contributed by atoms with Crippen LogP contribution in [0.4, 0.5) is 10.5 Å². The van der Waals surface area contributed by atoms with E-state index in [2.05, 4.69) is 19.5 Å². The summed E-state index contributed by atoms with van der Waals surface area (Å²) in [5, 5.41) is 10.7. The van der Waals surface area contributed by atoms with Gasteiger partial charge in [-0.15, -0.1) is 0 Å². The fraction of sp³-hybridized carbons (Fsp3) is 0.238. The summed E-state index contributed by atoms with van der Waals surface area (Å²) in [4.78, 5) is 26.7. The van der Waals surface area contributed by atoms with Gasteiger partial charge in [0.2, 0.25) is 0 Å². The van der Waals surface area contributed by atoms with E-state index in [0.717, 1.165) is 0 Å². The smallest absolute Gasteiger partial charge is 0.412 e. The number of rotatable bonds is 5. The van der Waals surface area contributed by atoms with Gasteiger partial charge in [0.1, 0.15) is 23.9 Å². The van der Waals surface area contributed by atoms with Gasteiger partial charge in [0, 0.05) is 22.5 Å². The maximum Gasteiger partial charge on any atom is 0.412 e. The summed E-state index contributed by atoms with van der Waals surface area (Å²) < 4.78 is 30.6. The van der Waals surface area contributed by atoms with Crippen LogP contribution in [0.5, 0.6) is 5.75 Å². The topological polar surface area (TPSA) is 177 Å². The predicted octanol–water partition coefficient (Wildman–Crippen LogP) is 6.80. The molecule has 0 saturated carbocycles. The molecule has 2 heterocycles. The normalized spacial score (nSPS) is 11.6. The van der Waals surface area contributed by atoms with E-state index in [9.17, 15) is 14.2 Å². The first-order valence-electron chi connectivity index (χ1n) is 9.58. The Labute approximate surface area is 195 Å². The number of furan rings is 2. The van der Waals surface area contributed by atoms with Gasteiger partial charge in [-0.05, 0) is 44.5 Å². The quantitative estimate of drug-likeness (QED) is 0.169. The largest absolute Gasteiger partial charge is 0.478 e. The zero-order chi connectivity index (χ0) is 25.6. The van der Waals surface area contributed by atoms with Gasteiger partial charge in [0.15, 0.2) is 0 Å². The van der Waals surface area contributed by atoms with Crippen LogP contribution < -0.4 is 9.84 Å². The van der Waals surface area contributed by atoms with Crippen LogP contribution >= 0.6 is 7.52 Å². The van der Waals surface area contributed by atoms with Gasteiger partial charge >= 0.3 is 19.6 Å². The van der Waals surface area contributed by atoms with E-state index in [-0.39, 0.29) is 5.56 Å². The molecule has 0 radical (unpaired) electrons. The minimum absolute atomic E-state index is 0.185. The molecular weight excluding hydrogens is 467 g/mol. The highest BCUT2D eigenvalue weighted by Gasteiger charge is 2.16. The van der Waals surface area contributed by atoms with Crippen molar-refractivity contribution in [1.82, 2.24) is 0 Å². The summed E-state index contributed by atoms with van der Waals surface area (Å²) in [6, 6.07) is 11.6. The van der Waals surface area contributed by atoms with Gasteiger partial charge in [-0.1, -0.05) is 18.2 Å². The van der Waals surface area contributed by atoms with Crippen LogP contribution in [-0.2, 0) is 9.30 Å². The predicted molar refractivity (Wildman–Crippen MR) is 124 cm³/mol. The number of hydrogen-bond donors (Lipinski definition) is 2. The monoisotopic (exact) mass is 492 g/mol. The van der Waals surface area contributed by atoms with E-state index in [1.54, 1.807) is 36.4 Å². The summed E-state index contributed by atoms with van der Waals surface area (Å²) in [5.41, 5.74) is 8.38. The Morgan fingerprint density at radius 1 is 1.09 bits per heavy atom. The summed E-state index contributed by atoms with van der Waals surface area (Å²) in [5.74, 6) is -0.528. The maximum atomic E-state index is 11.3. The van der Waals surface area contributed by atoms with Crippen LogP contribution in [0.1, 0.15) is 31.1 Å². The number of carboxylic acids is 1. The van der Waals surface area contributed by atoms with E-state index in [1.165, 1.54) is 37.8 Å². The second kappa shape index (κ2) is 13.4. The van der Waals surface area contributed by atoms with Crippen LogP contribution in [-0.4, -0.2) is 29.4 Å². The van der Waals surface area contributed by atoms with Gasteiger partial charge in [-0.25, -0.2) is 9.59 Å². The lowest BCUT2D eigenvalue weighted by molar-refractivity contribution is 0.0634. The van der Waals surface area contributed by atoms with Crippen molar-refractivity contribution >= 4 is 25.3 Å². The zero-order valence-electron chi connectivity index (χ0n) is 18.9. The third kappa shape index (κ3) is 12.7. The van der Waals surface area contributed by atoms with Gasteiger partial charge in [-0.3, -0.25) is 9.88 Å². The van der Waals surface area contributed by atoms with Crippen molar-refractivity contribution in [1.29, 1.82) is 0 Å². The Hall–Kier alpha value is -4.14. The molecule has 0 aliphatic rings. The van der Waals surface area contributed by atoms with E-state index < -0.39 is 25.2 Å². The molecule has 0 aliphatic heterocycles. The van der Waals surface area contributed by atoms with Crippen molar-refractivity contribution in [3.05, 3.63) is 83.5 Å². The molecule has 1 aromatic carbocycles. The Kier molecular flexibility index (Phi) is 11.0. The molecular formula is C21H25N4O8P. The van der Waals surface area contributed by atoms with E-state index in [1.807, 2.05) is 20.8 Å². The van der Waals surface area contributed by atoms with Crippen molar-refractivity contribution < 1.29 is 37.4 Å².